The van der Waals surface area contributed by atoms with Gasteiger partial charge in [0.15, 0.2) is 0 Å². The third-order valence-electron chi connectivity index (χ3n) is 3.59. The minimum absolute atomic E-state index is 0.0641. The summed E-state index contributed by atoms with van der Waals surface area (Å²) in [6, 6.07) is 7.07. The van der Waals surface area contributed by atoms with Gasteiger partial charge in [0.25, 0.3) is 10.2 Å². The second-order valence-corrected chi connectivity index (χ2v) is 6.98. The Bertz CT molecular complexity index is 545. The lowest BCUT2D eigenvalue weighted by atomic mass is 10.1. The first-order valence-electron chi connectivity index (χ1n) is 7.24. The number of rotatable bonds is 6. The summed E-state index contributed by atoms with van der Waals surface area (Å²) in [7, 11) is -3.41. The first kappa shape index (κ1) is 16.1. The minimum atomic E-state index is -3.41. The van der Waals surface area contributed by atoms with E-state index in [1.165, 1.54) is 0 Å². The highest BCUT2D eigenvalue weighted by Crippen LogP contribution is 2.19. The Morgan fingerprint density at radius 1 is 1.33 bits per heavy atom. The van der Waals surface area contributed by atoms with Crippen LogP contribution in [0, 0.1) is 0 Å². The molecule has 0 bridgehead atoms. The SMILES string of the molecule is CC1CCCCN1S(=O)(=O)NCCOc1ccc(N)cc1. The summed E-state index contributed by atoms with van der Waals surface area (Å²) in [6.07, 6.45) is 2.93. The number of nitrogen functional groups attached to an aromatic ring is 1. The molecule has 1 unspecified atom stereocenters. The van der Waals surface area contributed by atoms with Crippen LogP contribution in [0.4, 0.5) is 5.69 Å². The predicted octanol–water partition coefficient (Wildman–Crippen LogP) is 1.36. The van der Waals surface area contributed by atoms with Crippen LogP contribution in [-0.4, -0.2) is 38.5 Å². The number of anilines is 1. The number of ether oxygens (including phenoxy) is 1. The molecule has 1 aromatic carbocycles. The third-order valence-corrected chi connectivity index (χ3v) is 5.31. The van der Waals surface area contributed by atoms with Crippen molar-refractivity contribution in [1.82, 2.24) is 9.03 Å². The number of nitrogens with one attached hydrogen (secondary N) is 1. The standard InChI is InChI=1S/C14H23N3O3S/c1-12-4-2-3-10-17(12)21(18,19)16-9-11-20-14-7-5-13(15)6-8-14/h5-8,12,16H,2-4,9-11,15H2,1H3. The van der Waals surface area contributed by atoms with Crippen molar-refractivity contribution in [1.29, 1.82) is 0 Å². The van der Waals surface area contributed by atoms with E-state index in [9.17, 15) is 8.42 Å². The van der Waals surface area contributed by atoms with Gasteiger partial charge in [-0.2, -0.15) is 17.4 Å². The van der Waals surface area contributed by atoms with E-state index in [0.29, 0.717) is 18.0 Å². The highest BCUT2D eigenvalue weighted by Gasteiger charge is 2.28. The van der Waals surface area contributed by atoms with Crippen molar-refractivity contribution in [3.05, 3.63) is 24.3 Å². The lowest BCUT2D eigenvalue weighted by molar-refractivity contribution is 0.262. The second-order valence-electron chi connectivity index (χ2n) is 5.27. The molecule has 6 nitrogen and oxygen atoms in total. The van der Waals surface area contributed by atoms with Crippen LogP contribution in [0.5, 0.6) is 5.75 Å². The molecular formula is C14H23N3O3S. The Morgan fingerprint density at radius 2 is 2.05 bits per heavy atom. The highest BCUT2D eigenvalue weighted by atomic mass is 32.2. The molecule has 1 aromatic rings. The van der Waals surface area contributed by atoms with Crippen LogP contribution in [-0.2, 0) is 10.2 Å². The lowest BCUT2D eigenvalue weighted by Crippen LogP contribution is -2.48. The van der Waals surface area contributed by atoms with E-state index in [1.54, 1.807) is 28.6 Å². The van der Waals surface area contributed by atoms with Gasteiger partial charge >= 0.3 is 0 Å². The molecule has 1 fully saturated rings. The fraction of sp³-hybridized carbons (Fsp3) is 0.571. The van der Waals surface area contributed by atoms with Crippen molar-refractivity contribution in [2.24, 2.45) is 0 Å². The molecule has 118 valence electrons. The maximum absolute atomic E-state index is 12.2. The topological polar surface area (TPSA) is 84.7 Å². The predicted molar refractivity (Wildman–Crippen MR) is 83.3 cm³/mol. The Kier molecular flexibility index (Phi) is 5.44. The number of piperidine rings is 1. The van der Waals surface area contributed by atoms with Crippen molar-refractivity contribution in [3.8, 4) is 5.75 Å². The van der Waals surface area contributed by atoms with E-state index >= 15 is 0 Å². The monoisotopic (exact) mass is 313 g/mol. The fourth-order valence-corrected chi connectivity index (χ4v) is 3.87. The van der Waals surface area contributed by atoms with E-state index in [4.69, 9.17) is 10.5 Å². The van der Waals surface area contributed by atoms with Crippen LogP contribution in [0.15, 0.2) is 24.3 Å². The van der Waals surface area contributed by atoms with E-state index in [-0.39, 0.29) is 19.2 Å². The van der Waals surface area contributed by atoms with Crippen molar-refractivity contribution >= 4 is 15.9 Å². The van der Waals surface area contributed by atoms with Crippen LogP contribution < -0.4 is 15.2 Å². The van der Waals surface area contributed by atoms with Gasteiger partial charge < -0.3 is 10.5 Å². The first-order valence-corrected chi connectivity index (χ1v) is 8.68. The Hall–Kier alpha value is -1.31. The summed E-state index contributed by atoms with van der Waals surface area (Å²) >= 11 is 0. The zero-order valence-electron chi connectivity index (χ0n) is 12.3. The zero-order chi connectivity index (χ0) is 15.3. The number of hydrogen-bond acceptors (Lipinski definition) is 4. The van der Waals surface area contributed by atoms with E-state index in [2.05, 4.69) is 4.72 Å². The Labute approximate surface area is 126 Å². The number of benzene rings is 1. The quantitative estimate of drug-likeness (QED) is 0.613. The molecule has 1 aliphatic rings. The summed E-state index contributed by atoms with van der Waals surface area (Å²) in [5.41, 5.74) is 6.25. The normalized spacial score (nSPS) is 20.3. The molecule has 1 atom stereocenters. The summed E-state index contributed by atoms with van der Waals surface area (Å²) < 4.78 is 34.0. The van der Waals surface area contributed by atoms with E-state index in [0.717, 1.165) is 19.3 Å². The van der Waals surface area contributed by atoms with Gasteiger partial charge in [-0.1, -0.05) is 6.42 Å². The number of nitrogens with two attached hydrogens (primary N) is 1. The van der Waals surface area contributed by atoms with Gasteiger partial charge in [0, 0.05) is 24.8 Å². The van der Waals surface area contributed by atoms with Crippen molar-refractivity contribution in [2.75, 3.05) is 25.4 Å². The number of hydrogen-bond donors (Lipinski definition) is 2. The molecule has 7 heteroatoms. The lowest BCUT2D eigenvalue weighted by Gasteiger charge is -2.32. The van der Waals surface area contributed by atoms with E-state index in [1.807, 2.05) is 6.92 Å². The van der Waals surface area contributed by atoms with Crippen LogP contribution in [0.25, 0.3) is 0 Å². The summed E-state index contributed by atoms with van der Waals surface area (Å²) in [4.78, 5) is 0. The molecule has 0 saturated carbocycles. The molecule has 1 heterocycles. The molecule has 2 rings (SSSR count). The molecule has 0 aromatic heterocycles. The van der Waals surface area contributed by atoms with Crippen molar-refractivity contribution in [3.63, 3.8) is 0 Å². The van der Waals surface area contributed by atoms with Gasteiger partial charge in [0.1, 0.15) is 12.4 Å². The van der Waals surface area contributed by atoms with Gasteiger partial charge in [0.2, 0.25) is 0 Å². The van der Waals surface area contributed by atoms with Crippen LogP contribution in [0.2, 0.25) is 0 Å². The minimum Gasteiger partial charge on any atom is -0.492 e. The summed E-state index contributed by atoms with van der Waals surface area (Å²) in [5.74, 6) is 0.676. The van der Waals surface area contributed by atoms with Gasteiger partial charge in [-0.3, -0.25) is 0 Å². The summed E-state index contributed by atoms with van der Waals surface area (Å²) in [5, 5.41) is 0. The molecule has 0 radical (unpaired) electrons. The van der Waals surface area contributed by atoms with Gasteiger partial charge in [-0.15, -0.1) is 0 Å². The molecule has 1 aliphatic heterocycles. The molecule has 1 saturated heterocycles. The largest absolute Gasteiger partial charge is 0.492 e. The second kappa shape index (κ2) is 7.11. The van der Waals surface area contributed by atoms with Gasteiger partial charge in [-0.05, 0) is 44.0 Å². The Balaban J connectivity index is 1.78. The average Bonchev–Trinajstić information content (AvgIpc) is 2.46. The molecule has 0 aliphatic carbocycles. The molecule has 0 amide bonds. The van der Waals surface area contributed by atoms with Crippen molar-refractivity contribution < 1.29 is 13.2 Å². The van der Waals surface area contributed by atoms with Crippen LogP contribution in [0.3, 0.4) is 0 Å². The highest BCUT2D eigenvalue weighted by molar-refractivity contribution is 7.87. The third kappa shape index (κ3) is 4.59. The van der Waals surface area contributed by atoms with Crippen molar-refractivity contribution in [2.45, 2.75) is 32.2 Å². The van der Waals surface area contributed by atoms with E-state index < -0.39 is 10.2 Å². The molecule has 3 N–H and O–H groups in total. The van der Waals surface area contributed by atoms with Crippen LogP contribution >= 0.6 is 0 Å². The maximum Gasteiger partial charge on any atom is 0.279 e. The fourth-order valence-electron chi connectivity index (χ4n) is 2.42. The number of nitrogens with zero attached hydrogens (tertiary/aromatic N) is 1. The first-order chi connectivity index (χ1) is 9.99. The Morgan fingerprint density at radius 3 is 2.71 bits per heavy atom. The molecule has 21 heavy (non-hydrogen) atoms. The molecular weight excluding hydrogens is 290 g/mol. The van der Waals surface area contributed by atoms with Crippen LogP contribution in [0.1, 0.15) is 26.2 Å². The smallest absolute Gasteiger partial charge is 0.279 e. The molecule has 0 spiro atoms. The summed E-state index contributed by atoms with van der Waals surface area (Å²) in [6.45, 7) is 3.07. The maximum atomic E-state index is 12.2. The van der Waals surface area contributed by atoms with Gasteiger partial charge in [-0.25, -0.2) is 0 Å². The van der Waals surface area contributed by atoms with Gasteiger partial charge in [0.05, 0.1) is 0 Å². The average molecular weight is 313 g/mol. The zero-order valence-corrected chi connectivity index (χ0v) is 13.1.